The number of ether oxygens (including phenoxy) is 5. The highest BCUT2D eigenvalue weighted by atomic mass is 16.6. The number of rotatable bonds is 14. The predicted molar refractivity (Wildman–Crippen MR) is 145 cm³/mol. The lowest BCUT2D eigenvalue weighted by atomic mass is 10.2. The number of amides is 2. The van der Waals surface area contributed by atoms with Crippen LogP contribution in [0.2, 0.25) is 0 Å². The van der Waals surface area contributed by atoms with E-state index in [0.717, 1.165) is 38.8 Å². The first-order valence-corrected chi connectivity index (χ1v) is 14.4. The van der Waals surface area contributed by atoms with Crippen LogP contribution in [-0.2, 0) is 33.3 Å². The second-order valence-electron chi connectivity index (χ2n) is 9.80. The van der Waals surface area contributed by atoms with Gasteiger partial charge in [0.15, 0.2) is 0 Å². The maximum atomic E-state index is 12.2. The van der Waals surface area contributed by atoms with Gasteiger partial charge in [-0.3, -0.25) is 9.59 Å². The summed E-state index contributed by atoms with van der Waals surface area (Å²) < 4.78 is 29.4. The average molecular weight is 531 g/mol. The Balaban J connectivity index is 2.55. The molecule has 37 heavy (non-hydrogen) atoms. The molecule has 1 fully saturated rings. The van der Waals surface area contributed by atoms with Crippen molar-refractivity contribution in [3.8, 4) is 0 Å². The topological polar surface area (TPSA) is 86.8 Å². The van der Waals surface area contributed by atoms with Crippen LogP contribution in [0.1, 0.15) is 79.1 Å². The van der Waals surface area contributed by atoms with Crippen LogP contribution in [0.15, 0.2) is 0 Å². The summed E-state index contributed by atoms with van der Waals surface area (Å²) in [5.74, 6) is 0.118. The van der Waals surface area contributed by atoms with Crippen LogP contribution in [0.5, 0.6) is 0 Å². The van der Waals surface area contributed by atoms with E-state index in [9.17, 15) is 9.59 Å². The summed E-state index contributed by atoms with van der Waals surface area (Å²) in [4.78, 5) is 28.0. The van der Waals surface area contributed by atoms with Gasteiger partial charge < -0.3 is 33.5 Å². The first-order chi connectivity index (χ1) is 18.0. The van der Waals surface area contributed by atoms with E-state index in [2.05, 4.69) is 13.8 Å². The average Bonchev–Trinajstić information content (AvgIpc) is 2.88. The molecule has 1 saturated heterocycles. The molecule has 2 amide bonds. The fourth-order valence-electron chi connectivity index (χ4n) is 4.21. The van der Waals surface area contributed by atoms with Crippen molar-refractivity contribution in [1.82, 2.24) is 9.80 Å². The first kappa shape index (κ1) is 33.8. The van der Waals surface area contributed by atoms with Crippen molar-refractivity contribution >= 4 is 11.8 Å². The molecule has 0 aromatic heterocycles. The predicted octanol–water partition coefficient (Wildman–Crippen LogP) is 3.68. The van der Waals surface area contributed by atoms with Crippen molar-refractivity contribution in [2.24, 2.45) is 0 Å². The van der Waals surface area contributed by atoms with E-state index in [1.54, 1.807) is 13.8 Å². The molecule has 1 heterocycles. The highest BCUT2D eigenvalue weighted by Gasteiger charge is 2.19. The SMILES string of the molecule is CCCCCCN(CC1COCCOCC(CN(CCCCCC)C(C)=O)OCCOCCO1)C(C)=O. The highest BCUT2D eigenvalue weighted by Crippen LogP contribution is 2.08. The molecule has 218 valence electrons. The lowest BCUT2D eigenvalue weighted by Gasteiger charge is -2.27. The lowest BCUT2D eigenvalue weighted by Crippen LogP contribution is -2.40. The number of hydrogen-bond acceptors (Lipinski definition) is 7. The molecule has 1 aliphatic heterocycles. The molecule has 9 heteroatoms. The summed E-state index contributed by atoms with van der Waals surface area (Å²) in [6.45, 7) is 13.4. The Bertz CT molecular complexity index is 531. The van der Waals surface area contributed by atoms with Crippen LogP contribution in [-0.4, -0.2) is 113 Å². The van der Waals surface area contributed by atoms with Gasteiger partial charge in [0.05, 0.1) is 65.1 Å². The molecular formula is C28H54N2O7. The van der Waals surface area contributed by atoms with E-state index in [0.29, 0.717) is 65.9 Å². The lowest BCUT2D eigenvalue weighted by molar-refractivity contribution is -0.133. The second kappa shape index (κ2) is 22.7. The molecular weight excluding hydrogens is 476 g/mol. The van der Waals surface area contributed by atoms with Gasteiger partial charge in [0.25, 0.3) is 0 Å². The van der Waals surface area contributed by atoms with E-state index < -0.39 is 0 Å². The highest BCUT2D eigenvalue weighted by molar-refractivity contribution is 5.73. The Labute approximate surface area is 225 Å². The van der Waals surface area contributed by atoms with Crippen LogP contribution in [0.25, 0.3) is 0 Å². The molecule has 0 aromatic carbocycles. The van der Waals surface area contributed by atoms with Crippen LogP contribution < -0.4 is 0 Å². The largest absolute Gasteiger partial charge is 0.377 e. The summed E-state index contributed by atoms with van der Waals surface area (Å²) in [6.07, 6.45) is 8.51. The Kier molecular flexibility index (Phi) is 20.7. The molecule has 0 aliphatic carbocycles. The molecule has 0 radical (unpaired) electrons. The molecule has 2 unspecified atom stereocenters. The Morgan fingerprint density at radius 2 is 1.00 bits per heavy atom. The Morgan fingerprint density at radius 3 is 1.38 bits per heavy atom. The number of carbonyl (C=O) groups excluding carboxylic acids is 2. The summed E-state index contributed by atoms with van der Waals surface area (Å²) in [5, 5.41) is 0. The molecule has 0 spiro atoms. The maximum absolute atomic E-state index is 12.2. The smallest absolute Gasteiger partial charge is 0.219 e. The zero-order valence-electron chi connectivity index (χ0n) is 24.0. The van der Waals surface area contributed by atoms with E-state index >= 15 is 0 Å². The van der Waals surface area contributed by atoms with Crippen molar-refractivity contribution in [1.29, 1.82) is 0 Å². The van der Waals surface area contributed by atoms with Gasteiger partial charge in [-0.1, -0.05) is 52.4 Å². The van der Waals surface area contributed by atoms with Crippen molar-refractivity contribution in [2.45, 2.75) is 91.3 Å². The van der Waals surface area contributed by atoms with E-state index in [4.69, 9.17) is 23.7 Å². The standard InChI is InChI=1S/C28H54N2O7/c1-5-7-9-11-13-29(25(3)31)21-27-23-34-15-16-35-24-28(37-20-18-33-17-19-36-27)22-30(26(4)32)14-12-10-8-6-2/h27-28H,5-24H2,1-4H3. The van der Waals surface area contributed by atoms with Crippen molar-refractivity contribution in [2.75, 3.05) is 79.0 Å². The normalized spacial score (nSPS) is 20.5. The Hall–Kier alpha value is -1.26. The number of carbonyl (C=O) groups is 2. The zero-order chi connectivity index (χ0) is 27.1. The zero-order valence-corrected chi connectivity index (χ0v) is 24.0. The van der Waals surface area contributed by atoms with Gasteiger partial charge in [0.2, 0.25) is 11.8 Å². The van der Waals surface area contributed by atoms with Gasteiger partial charge in [-0.05, 0) is 12.8 Å². The van der Waals surface area contributed by atoms with Crippen LogP contribution >= 0.6 is 0 Å². The van der Waals surface area contributed by atoms with Crippen LogP contribution in [0.4, 0.5) is 0 Å². The summed E-state index contributed by atoms with van der Waals surface area (Å²) in [5.41, 5.74) is 0. The van der Waals surface area contributed by atoms with Crippen LogP contribution in [0.3, 0.4) is 0 Å². The molecule has 0 N–H and O–H groups in total. The van der Waals surface area contributed by atoms with Crippen molar-refractivity contribution in [3.05, 3.63) is 0 Å². The van der Waals surface area contributed by atoms with Gasteiger partial charge in [-0.25, -0.2) is 0 Å². The van der Waals surface area contributed by atoms with Crippen LogP contribution in [0, 0.1) is 0 Å². The summed E-state index contributed by atoms with van der Waals surface area (Å²) >= 11 is 0. The molecule has 0 bridgehead atoms. The number of unbranched alkanes of at least 4 members (excludes halogenated alkanes) is 6. The van der Waals surface area contributed by atoms with E-state index in [1.807, 2.05) is 9.80 Å². The fourth-order valence-corrected chi connectivity index (χ4v) is 4.21. The van der Waals surface area contributed by atoms with Gasteiger partial charge in [0.1, 0.15) is 0 Å². The third-order valence-corrected chi connectivity index (χ3v) is 6.44. The molecule has 1 aliphatic rings. The third kappa shape index (κ3) is 17.8. The Morgan fingerprint density at radius 1 is 0.595 bits per heavy atom. The quantitative estimate of drug-likeness (QED) is 0.317. The summed E-state index contributed by atoms with van der Waals surface area (Å²) in [6, 6.07) is 0. The molecule has 0 aromatic rings. The first-order valence-electron chi connectivity index (χ1n) is 14.4. The molecule has 0 saturated carbocycles. The van der Waals surface area contributed by atoms with Gasteiger partial charge in [-0.15, -0.1) is 0 Å². The van der Waals surface area contributed by atoms with Gasteiger partial charge in [0, 0.05) is 40.0 Å². The third-order valence-electron chi connectivity index (χ3n) is 6.44. The second-order valence-corrected chi connectivity index (χ2v) is 9.80. The van der Waals surface area contributed by atoms with Crippen molar-refractivity contribution in [3.63, 3.8) is 0 Å². The fraction of sp³-hybridized carbons (Fsp3) is 0.929. The minimum atomic E-state index is -0.218. The molecule has 1 rings (SSSR count). The minimum Gasteiger partial charge on any atom is -0.377 e. The number of hydrogen-bond donors (Lipinski definition) is 0. The van der Waals surface area contributed by atoms with Gasteiger partial charge >= 0.3 is 0 Å². The van der Waals surface area contributed by atoms with Gasteiger partial charge in [-0.2, -0.15) is 0 Å². The molecule has 9 nitrogen and oxygen atoms in total. The van der Waals surface area contributed by atoms with Crippen molar-refractivity contribution < 1.29 is 33.3 Å². The van der Waals surface area contributed by atoms with E-state index in [1.165, 1.54) is 25.7 Å². The molecule has 2 atom stereocenters. The maximum Gasteiger partial charge on any atom is 0.219 e. The monoisotopic (exact) mass is 530 g/mol. The van der Waals surface area contributed by atoms with E-state index in [-0.39, 0.29) is 24.0 Å². The minimum absolute atomic E-state index is 0.0590. The summed E-state index contributed by atoms with van der Waals surface area (Å²) in [7, 11) is 0. The number of nitrogens with zero attached hydrogens (tertiary/aromatic N) is 2.